The van der Waals surface area contributed by atoms with E-state index in [9.17, 15) is 4.79 Å². The summed E-state index contributed by atoms with van der Waals surface area (Å²) in [5.41, 5.74) is 0.711. The van der Waals surface area contributed by atoms with Crippen molar-refractivity contribution in [2.75, 3.05) is 6.61 Å². The van der Waals surface area contributed by atoms with E-state index in [1.54, 1.807) is 22.7 Å². The number of benzene rings is 1. The molecule has 1 aromatic carbocycles. The van der Waals surface area contributed by atoms with Gasteiger partial charge in [0, 0.05) is 15.0 Å². The Morgan fingerprint density at radius 1 is 1.15 bits per heavy atom. The van der Waals surface area contributed by atoms with Crippen LogP contribution in [0.1, 0.15) is 28.6 Å². The van der Waals surface area contributed by atoms with Crippen molar-refractivity contribution in [3.63, 3.8) is 0 Å². The van der Waals surface area contributed by atoms with Crippen LogP contribution in [0.15, 0.2) is 41.8 Å². The molecule has 0 aliphatic heterocycles. The fourth-order valence-corrected chi connectivity index (χ4v) is 4.01. The minimum absolute atomic E-state index is 0.0837. The summed E-state index contributed by atoms with van der Waals surface area (Å²) in [6, 6.07) is 11.4. The van der Waals surface area contributed by atoms with Crippen LogP contribution in [0.5, 0.6) is 5.75 Å². The molecule has 0 amide bonds. The number of carbonyl (C=O) groups is 1. The first kappa shape index (κ1) is 13.3. The minimum atomic E-state index is 0.0837. The maximum Gasteiger partial charge on any atom is 0.203 e. The highest BCUT2D eigenvalue weighted by atomic mass is 32.1. The van der Waals surface area contributed by atoms with Gasteiger partial charge < -0.3 is 4.74 Å². The van der Waals surface area contributed by atoms with E-state index in [0.29, 0.717) is 12.2 Å². The van der Waals surface area contributed by atoms with Crippen LogP contribution in [0.4, 0.5) is 0 Å². The van der Waals surface area contributed by atoms with E-state index in [2.05, 4.69) is 18.4 Å². The summed E-state index contributed by atoms with van der Waals surface area (Å²) in [6.45, 7) is 2.77. The summed E-state index contributed by atoms with van der Waals surface area (Å²) in [5.74, 6) is 0.899. The highest BCUT2D eigenvalue weighted by molar-refractivity contribution is 7.28. The number of hydrogen-bond acceptors (Lipinski definition) is 4. The highest BCUT2D eigenvalue weighted by Gasteiger charge is 2.13. The molecule has 2 nitrogen and oxygen atoms in total. The maximum atomic E-state index is 12.4. The second-order valence-corrected chi connectivity index (χ2v) is 6.49. The molecule has 2 heterocycles. The van der Waals surface area contributed by atoms with Crippen LogP contribution >= 0.6 is 22.7 Å². The molecular formula is C16H14O2S2. The molecule has 20 heavy (non-hydrogen) atoms. The molecule has 0 radical (unpaired) electrons. The summed E-state index contributed by atoms with van der Waals surface area (Å²) in [5, 5.41) is 2.05. The first-order chi connectivity index (χ1) is 9.78. The third-order valence-corrected chi connectivity index (χ3v) is 5.04. The van der Waals surface area contributed by atoms with Gasteiger partial charge in [-0.05, 0) is 48.2 Å². The smallest absolute Gasteiger partial charge is 0.203 e. The average Bonchev–Trinajstić information content (AvgIpc) is 3.06. The highest BCUT2D eigenvalue weighted by Crippen LogP contribution is 2.31. The van der Waals surface area contributed by atoms with E-state index in [1.807, 2.05) is 30.3 Å². The van der Waals surface area contributed by atoms with Crippen molar-refractivity contribution < 1.29 is 9.53 Å². The third-order valence-electron chi connectivity index (χ3n) is 2.95. The van der Waals surface area contributed by atoms with Crippen molar-refractivity contribution in [3.8, 4) is 5.75 Å². The molecule has 0 atom stereocenters. The first-order valence-corrected chi connectivity index (χ1v) is 8.22. The zero-order valence-electron chi connectivity index (χ0n) is 11.1. The number of carbonyl (C=O) groups excluding carboxylic acids is 1. The van der Waals surface area contributed by atoms with Crippen molar-refractivity contribution in [1.29, 1.82) is 0 Å². The third kappa shape index (κ3) is 2.62. The molecule has 4 heteroatoms. The molecule has 0 bridgehead atoms. The molecule has 2 aromatic heterocycles. The molecule has 0 aliphatic rings. The van der Waals surface area contributed by atoms with Gasteiger partial charge in [0.05, 0.1) is 11.5 Å². The number of rotatable bonds is 5. The number of thiophene rings is 2. The molecule has 102 valence electrons. The van der Waals surface area contributed by atoms with Gasteiger partial charge >= 0.3 is 0 Å². The second-order valence-electron chi connectivity index (χ2n) is 4.46. The Labute approximate surface area is 125 Å². The zero-order chi connectivity index (χ0) is 13.9. The van der Waals surface area contributed by atoms with E-state index < -0.39 is 0 Å². The van der Waals surface area contributed by atoms with Gasteiger partial charge in [0.25, 0.3) is 0 Å². The summed E-state index contributed by atoms with van der Waals surface area (Å²) < 4.78 is 7.89. The maximum absolute atomic E-state index is 12.4. The Kier molecular flexibility index (Phi) is 3.85. The number of ether oxygens (including phenoxy) is 1. The second kappa shape index (κ2) is 5.77. The van der Waals surface area contributed by atoms with E-state index in [1.165, 1.54) is 9.40 Å². The summed E-state index contributed by atoms with van der Waals surface area (Å²) in [6.07, 6.45) is 0.979. The Bertz CT molecular complexity index is 694. The Hall–Kier alpha value is -1.65. The van der Waals surface area contributed by atoms with Crippen LogP contribution in [0, 0.1) is 0 Å². The monoisotopic (exact) mass is 302 g/mol. The van der Waals surface area contributed by atoms with Crippen LogP contribution in [-0.2, 0) is 0 Å². The lowest BCUT2D eigenvalue weighted by molar-refractivity contribution is 0.104. The normalized spacial score (nSPS) is 10.8. The topological polar surface area (TPSA) is 26.3 Å². The number of ketones is 1. The lowest BCUT2D eigenvalue weighted by Gasteiger charge is -2.04. The van der Waals surface area contributed by atoms with Gasteiger partial charge in [-0.25, -0.2) is 0 Å². The SMILES string of the molecule is CCCOc1ccc(C(=O)c2cc3sccc3s2)cc1. The van der Waals surface area contributed by atoms with Gasteiger partial charge in [-0.1, -0.05) is 6.92 Å². The fraction of sp³-hybridized carbons (Fsp3) is 0.188. The van der Waals surface area contributed by atoms with Gasteiger partial charge in [0.15, 0.2) is 0 Å². The summed E-state index contributed by atoms with van der Waals surface area (Å²) in [7, 11) is 0. The largest absolute Gasteiger partial charge is 0.494 e. The summed E-state index contributed by atoms with van der Waals surface area (Å²) in [4.78, 5) is 13.2. The fourth-order valence-electron chi connectivity index (χ4n) is 1.94. The van der Waals surface area contributed by atoms with Crippen LogP contribution in [-0.4, -0.2) is 12.4 Å². The lowest BCUT2D eigenvalue weighted by atomic mass is 10.1. The van der Waals surface area contributed by atoms with Gasteiger partial charge in [-0.15, -0.1) is 22.7 Å². The quantitative estimate of drug-likeness (QED) is 0.621. The van der Waals surface area contributed by atoms with Gasteiger partial charge in [0.1, 0.15) is 5.75 Å². The van der Waals surface area contributed by atoms with Crippen LogP contribution in [0.25, 0.3) is 9.40 Å². The molecule has 0 aliphatic carbocycles. The number of fused-ring (bicyclic) bond motifs is 1. The molecule has 0 spiro atoms. The van der Waals surface area contributed by atoms with Crippen molar-refractivity contribution in [2.24, 2.45) is 0 Å². The lowest BCUT2D eigenvalue weighted by Crippen LogP contribution is -1.99. The Morgan fingerprint density at radius 2 is 1.95 bits per heavy atom. The molecule has 0 unspecified atom stereocenters. The minimum Gasteiger partial charge on any atom is -0.494 e. The van der Waals surface area contributed by atoms with E-state index in [-0.39, 0.29) is 5.78 Å². The van der Waals surface area contributed by atoms with E-state index >= 15 is 0 Å². The van der Waals surface area contributed by atoms with E-state index in [0.717, 1.165) is 17.0 Å². The molecular weight excluding hydrogens is 288 g/mol. The standard InChI is InChI=1S/C16H14O2S2/c1-2-8-18-12-5-3-11(4-6-12)16(17)15-10-14-13(20-15)7-9-19-14/h3-7,9-10H,2,8H2,1H3. The predicted octanol–water partition coefficient (Wildman–Crippen LogP) is 4.98. The van der Waals surface area contributed by atoms with Crippen molar-refractivity contribution in [2.45, 2.75) is 13.3 Å². The van der Waals surface area contributed by atoms with Crippen LogP contribution < -0.4 is 4.74 Å². The predicted molar refractivity (Wildman–Crippen MR) is 85.4 cm³/mol. The molecule has 0 saturated carbocycles. The van der Waals surface area contributed by atoms with Crippen LogP contribution in [0.2, 0.25) is 0 Å². The van der Waals surface area contributed by atoms with Gasteiger partial charge in [0.2, 0.25) is 5.78 Å². The van der Waals surface area contributed by atoms with Gasteiger partial charge in [-0.3, -0.25) is 4.79 Å². The summed E-state index contributed by atoms with van der Waals surface area (Å²) >= 11 is 3.23. The van der Waals surface area contributed by atoms with Crippen LogP contribution in [0.3, 0.4) is 0 Å². The molecule has 0 saturated heterocycles. The van der Waals surface area contributed by atoms with Gasteiger partial charge in [-0.2, -0.15) is 0 Å². The molecule has 3 aromatic rings. The Morgan fingerprint density at radius 3 is 2.65 bits per heavy atom. The molecule has 0 fully saturated rings. The van der Waals surface area contributed by atoms with E-state index in [4.69, 9.17) is 4.74 Å². The van der Waals surface area contributed by atoms with Crippen molar-refractivity contribution in [1.82, 2.24) is 0 Å². The van der Waals surface area contributed by atoms with Crippen molar-refractivity contribution in [3.05, 3.63) is 52.2 Å². The average molecular weight is 302 g/mol. The Balaban J connectivity index is 1.81. The molecule has 0 N–H and O–H groups in total. The van der Waals surface area contributed by atoms with Crippen molar-refractivity contribution >= 4 is 37.9 Å². The molecule has 3 rings (SSSR count). The first-order valence-electron chi connectivity index (χ1n) is 6.52. The zero-order valence-corrected chi connectivity index (χ0v) is 12.7. The number of hydrogen-bond donors (Lipinski definition) is 0.